The van der Waals surface area contributed by atoms with Crippen molar-refractivity contribution < 1.29 is 23.8 Å². The molecule has 1 heterocycles. The minimum absolute atomic E-state index is 0.0394. The topological polar surface area (TPSA) is 66.8 Å². The third kappa shape index (κ3) is 3.05. The summed E-state index contributed by atoms with van der Waals surface area (Å²) < 4.78 is 18.8. The number of hydrogen-bond donors (Lipinski definition) is 1. The SMILES string of the molecule is C=CC1=CCC2C(=O)N(c3ccc(F)c(Cl)c3)C(=O)C2(C)C1c1ccc(OC)cc1O. The fraction of sp³-hybridized carbons (Fsp3) is 0.250. The minimum Gasteiger partial charge on any atom is -0.508 e. The summed E-state index contributed by atoms with van der Waals surface area (Å²) in [6, 6.07) is 8.62. The Labute approximate surface area is 184 Å². The van der Waals surface area contributed by atoms with E-state index in [9.17, 15) is 19.1 Å². The third-order valence-corrected chi connectivity index (χ3v) is 6.66. The van der Waals surface area contributed by atoms with Crippen LogP contribution in [0.4, 0.5) is 10.1 Å². The molecule has 3 unspecified atom stereocenters. The molecule has 2 aromatic rings. The Morgan fingerprint density at radius 3 is 2.65 bits per heavy atom. The van der Waals surface area contributed by atoms with E-state index in [1.807, 2.05) is 6.08 Å². The Bertz CT molecular complexity index is 1140. The van der Waals surface area contributed by atoms with E-state index in [1.54, 1.807) is 25.1 Å². The maximum absolute atomic E-state index is 13.7. The lowest BCUT2D eigenvalue weighted by Crippen LogP contribution is -2.41. The Hall–Kier alpha value is -3.12. The predicted molar refractivity (Wildman–Crippen MR) is 116 cm³/mol. The molecule has 2 aliphatic rings. The molecule has 3 atom stereocenters. The summed E-state index contributed by atoms with van der Waals surface area (Å²) in [6.07, 6.45) is 3.87. The van der Waals surface area contributed by atoms with Crippen molar-refractivity contribution in [3.05, 3.63) is 77.1 Å². The number of nitrogens with zero attached hydrogens (tertiary/aromatic N) is 1. The van der Waals surface area contributed by atoms with Gasteiger partial charge in [0.05, 0.1) is 29.2 Å². The van der Waals surface area contributed by atoms with E-state index in [-0.39, 0.29) is 22.4 Å². The van der Waals surface area contributed by atoms with Gasteiger partial charge in [-0.3, -0.25) is 9.59 Å². The van der Waals surface area contributed by atoms with Crippen LogP contribution in [0.15, 0.2) is 60.7 Å². The van der Waals surface area contributed by atoms with Crippen molar-refractivity contribution in [3.63, 3.8) is 0 Å². The van der Waals surface area contributed by atoms with Crippen LogP contribution in [0.1, 0.15) is 24.8 Å². The first-order chi connectivity index (χ1) is 14.7. The van der Waals surface area contributed by atoms with Gasteiger partial charge in [0.1, 0.15) is 17.3 Å². The standard InChI is InChI=1S/C24H21ClFNO4/c1-4-13-5-9-17-22(29)27(14-6-10-19(26)18(25)11-14)23(30)24(17,2)21(13)16-8-7-15(31-3)12-20(16)28/h4-8,10-12,17,21,28H,1,9H2,2-3H3. The maximum Gasteiger partial charge on any atom is 0.241 e. The molecule has 2 aromatic carbocycles. The van der Waals surface area contributed by atoms with Crippen LogP contribution in [-0.4, -0.2) is 24.0 Å². The number of hydrogen-bond acceptors (Lipinski definition) is 4. The molecule has 0 radical (unpaired) electrons. The van der Waals surface area contributed by atoms with Gasteiger partial charge in [0.2, 0.25) is 11.8 Å². The summed E-state index contributed by atoms with van der Waals surface area (Å²) in [4.78, 5) is 28.2. The minimum atomic E-state index is -1.18. The molecule has 1 aliphatic carbocycles. The number of imide groups is 1. The molecule has 1 fully saturated rings. The summed E-state index contributed by atoms with van der Waals surface area (Å²) in [5, 5.41) is 10.5. The van der Waals surface area contributed by atoms with Crippen molar-refractivity contribution in [3.8, 4) is 11.5 Å². The number of ether oxygens (including phenoxy) is 1. The Morgan fingerprint density at radius 1 is 1.29 bits per heavy atom. The zero-order chi connectivity index (χ0) is 22.5. The second-order valence-corrected chi connectivity index (χ2v) is 8.32. The van der Waals surface area contributed by atoms with Crippen LogP contribution in [0, 0.1) is 17.2 Å². The molecule has 7 heteroatoms. The van der Waals surface area contributed by atoms with Crippen molar-refractivity contribution in [1.29, 1.82) is 0 Å². The van der Waals surface area contributed by atoms with Gasteiger partial charge in [-0.25, -0.2) is 9.29 Å². The van der Waals surface area contributed by atoms with E-state index in [0.717, 1.165) is 16.5 Å². The van der Waals surface area contributed by atoms with Crippen LogP contribution < -0.4 is 9.64 Å². The number of anilines is 1. The Kier molecular flexibility index (Phi) is 5.13. The van der Waals surface area contributed by atoms with Crippen molar-refractivity contribution in [1.82, 2.24) is 0 Å². The van der Waals surface area contributed by atoms with E-state index in [1.165, 1.54) is 25.3 Å². The third-order valence-electron chi connectivity index (χ3n) is 6.37. The van der Waals surface area contributed by atoms with Crippen molar-refractivity contribution in [2.75, 3.05) is 12.0 Å². The summed E-state index contributed by atoms with van der Waals surface area (Å²) >= 11 is 5.90. The smallest absolute Gasteiger partial charge is 0.241 e. The van der Waals surface area contributed by atoms with Crippen molar-refractivity contribution in [2.24, 2.45) is 11.3 Å². The number of rotatable bonds is 4. The maximum atomic E-state index is 13.7. The zero-order valence-corrected chi connectivity index (χ0v) is 17.8. The molecule has 1 N–H and O–H groups in total. The molecule has 160 valence electrons. The highest BCUT2D eigenvalue weighted by Crippen LogP contribution is 2.58. The summed E-state index contributed by atoms with van der Waals surface area (Å²) in [5.74, 6) is -2.27. The number of carbonyl (C=O) groups excluding carboxylic acids is 2. The lowest BCUT2D eigenvalue weighted by Gasteiger charge is -2.40. The van der Waals surface area contributed by atoms with Crippen LogP contribution in [0.5, 0.6) is 11.5 Å². The average Bonchev–Trinajstić information content (AvgIpc) is 2.95. The summed E-state index contributed by atoms with van der Waals surface area (Å²) in [7, 11) is 1.49. The van der Waals surface area contributed by atoms with Crippen LogP contribution >= 0.6 is 11.6 Å². The Morgan fingerprint density at radius 2 is 2.03 bits per heavy atom. The molecule has 4 rings (SSSR count). The number of fused-ring (bicyclic) bond motifs is 1. The van der Waals surface area contributed by atoms with E-state index in [0.29, 0.717) is 17.7 Å². The van der Waals surface area contributed by atoms with Gasteiger partial charge in [-0.1, -0.05) is 36.4 Å². The first kappa shape index (κ1) is 21.1. The number of phenolic OH excluding ortho intramolecular Hbond substituents is 1. The van der Waals surface area contributed by atoms with Crippen LogP contribution in [0.2, 0.25) is 5.02 Å². The molecule has 0 saturated carbocycles. The van der Waals surface area contributed by atoms with Gasteiger partial charge in [0.15, 0.2) is 0 Å². The monoisotopic (exact) mass is 441 g/mol. The van der Waals surface area contributed by atoms with Gasteiger partial charge in [-0.05, 0) is 43.2 Å². The number of phenols is 1. The first-order valence-corrected chi connectivity index (χ1v) is 10.1. The Balaban J connectivity index is 1.87. The molecule has 0 bridgehead atoms. The zero-order valence-electron chi connectivity index (χ0n) is 17.1. The molecule has 0 aromatic heterocycles. The predicted octanol–water partition coefficient (Wildman–Crippen LogP) is 4.99. The molecular weight excluding hydrogens is 421 g/mol. The van der Waals surface area contributed by atoms with E-state index in [4.69, 9.17) is 16.3 Å². The molecule has 5 nitrogen and oxygen atoms in total. The van der Waals surface area contributed by atoms with Gasteiger partial charge < -0.3 is 9.84 Å². The normalized spacial score (nSPS) is 25.3. The first-order valence-electron chi connectivity index (χ1n) is 9.76. The average molecular weight is 442 g/mol. The fourth-order valence-electron chi connectivity index (χ4n) is 4.76. The van der Waals surface area contributed by atoms with Gasteiger partial charge >= 0.3 is 0 Å². The van der Waals surface area contributed by atoms with E-state index >= 15 is 0 Å². The van der Waals surface area contributed by atoms with Crippen LogP contribution in [-0.2, 0) is 9.59 Å². The highest BCUT2D eigenvalue weighted by molar-refractivity contribution is 6.31. The van der Waals surface area contributed by atoms with E-state index in [2.05, 4.69) is 6.58 Å². The van der Waals surface area contributed by atoms with Gasteiger partial charge in [-0.2, -0.15) is 0 Å². The highest BCUT2D eigenvalue weighted by atomic mass is 35.5. The molecule has 31 heavy (non-hydrogen) atoms. The second-order valence-electron chi connectivity index (χ2n) is 7.91. The quantitative estimate of drug-likeness (QED) is 0.679. The number of amides is 2. The summed E-state index contributed by atoms with van der Waals surface area (Å²) in [5.41, 5.74) is 0.288. The van der Waals surface area contributed by atoms with E-state index < -0.39 is 29.0 Å². The number of allylic oxidation sites excluding steroid dienone is 3. The summed E-state index contributed by atoms with van der Waals surface area (Å²) in [6.45, 7) is 5.60. The van der Waals surface area contributed by atoms with Crippen LogP contribution in [0.25, 0.3) is 0 Å². The van der Waals surface area contributed by atoms with Crippen LogP contribution in [0.3, 0.4) is 0 Å². The number of carbonyl (C=O) groups is 2. The molecule has 1 aliphatic heterocycles. The number of benzene rings is 2. The number of aromatic hydroxyl groups is 1. The largest absolute Gasteiger partial charge is 0.508 e. The lowest BCUT2D eigenvalue weighted by molar-refractivity contribution is -0.127. The van der Waals surface area contributed by atoms with Gasteiger partial charge in [0, 0.05) is 17.5 Å². The number of methoxy groups -OCH3 is 1. The van der Waals surface area contributed by atoms with Crippen molar-refractivity contribution in [2.45, 2.75) is 19.3 Å². The molecule has 0 spiro atoms. The van der Waals surface area contributed by atoms with Gasteiger partial charge in [-0.15, -0.1) is 0 Å². The molecule has 1 saturated heterocycles. The van der Waals surface area contributed by atoms with Gasteiger partial charge in [0.25, 0.3) is 0 Å². The fourth-order valence-corrected chi connectivity index (χ4v) is 4.93. The molecular formula is C24H21ClFNO4. The second kappa shape index (κ2) is 7.54. The lowest BCUT2D eigenvalue weighted by atomic mass is 9.60. The highest BCUT2D eigenvalue weighted by Gasteiger charge is 2.62. The van der Waals surface area contributed by atoms with Crippen molar-refractivity contribution >= 4 is 29.1 Å². The molecule has 2 amide bonds. The number of halogens is 2.